The van der Waals surface area contributed by atoms with Gasteiger partial charge in [-0.25, -0.2) is 18.7 Å². The zero-order chi connectivity index (χ0) is 25.1. The van der Waals surface area contributed by atoms with Gasteiger partial charge in [0, 0.05) is 35.1 Å². The minimum absolute atomic E-state index is 0.0783. The lowest BCUT2D eigenvalue weighted by molar-refractivity contribution is 0.590. The summed E-state index contributed by atoms with van der Waals surface area (Å²) in [6, 6.07) is 16.8. The number of fused-ring (bicyclic) bond motifs is 3. The zero-order valence-electron chi connectivity index (χ0n) is 18.9. The number of hydrogen-bond acceptors (Lipinski definition) is 5. The van der Waals surface area contributed by atoms with Crippen molar-refractivity contribution in [2.24, 2.45) is 0 Å². The average molecular weight is 494 g/mol. The minimum atomic E-state index is -0.745. The second-order valence-corrected chi connectivity index (χ2v) is 8.53. The maximum Gasteiger partial charge on any atom is 0.271 e. The van der Waals surface area contributed by atoms with Crippen LogP contribution in [0.25, 0.3) is 49.8 Å². The lowest BCUT2D eigenvalue weighted by atomic mass is 10.1. The Balaban J connectivity index is 1.44. The number of aromatic amines is 3. The van der Waals surface area contributed by atoms with Crippen LogP contribution in [-0.2, 0) is 0 Å². The van der Waals surface area contributed by atoms with Gasteiger partial charge >= 0.3 is 0 Å². The third-order valence-corrected chi connectivity index (χ3v) is 6.24. The highest BCUT2D eigenvalue weighted by atomic mass is 19.1. The van der Waals surface area contributed by atoms with Crippen LogP contribution in [0.4, 0.5) is 20.4 Å². The van der Waals surface area contributed by atoms with Gasteiger partial charge in [0.1, 0.15) is 17.2 Å². The van der Waals surface area contributed by atoms with Crippen LogP contribution >= 0.6 is 0 Å². The van der Waals surface area contributed by atoms with Crippen LogP contribution in [0, 0.1) is 11.6 Å². The summed E-state index contributed by atoms with van der Waals surface area (Å²) in [4.78, 5) is 21.7. The van der Waals surface area contributed by atoms with Crippen molar-refractivity contribution in [1.82, 2.24) is 34.9 Å². The van der Waals surface area contributed by atoms with Crippen LogP contribution in [0.15, 0.2) is 77.9 Å². The molecule has 4 aromatic heterocycles. The second kappa shape index (κ2) is 7.85. The standard InChI is InChI=1S/C26H16F2N8O/c27-14-10-18-22(19(28)11-14)33-34-25(18)31-24-16-5-4-15(36-7-1-2-8-36)12-21(16)29-23(30-24)13-3-6-20-17(9-13)26(37)35-32-20/h1-12H,(H2,32,35,37)(H2,29,30,31,33,34). The van der Waals surface area contributed by atoms with Crippen molar-refractivity contribution in [2.75, 3.05) is 5.32 Å². The van der Waals surface area contributed by atoms with Crippen molar-refractivity contribution in [3.8, 4) is 17.1 Å². The predicted molar refractivity (Wildman–Crippen MR) is 136 cm³/mol. The zero-order valence-corrected chi connectivity index (χ0v) is 18.9. The van der Waals surface area contributed by atoms with Gasteiger partial charge in [0.05, 0.1) is 21.8 Å². The molecule has 0 fully saturated rings. The number of H-pyrrole nitrogens is 3. The molecule has 180 valence electrons. The Bertz CT molecular complexity index is 2020. The van der Waals surface area contributed by atoms with E-state index in [1.807, 2.05) is 53.4 Å². The maximum absolute atomic E-state index is 14.3. The Kier molecular flexibility index (Phi) is 4.46. The van der Waals surface area contributed by atoms with Gasteiger partial charge in [-0.05, 0) is 54.6 Å². The second-order valence-electron chi connectivity index (χ2n) is 8.53. The van der Waals surface area contributed by atoms with Crippen molar-refractivity contribution >= 4 is 44.3 Å². The van der Waals surface area contributed by atoms with Gasteiger partial charge in [0.15, 0.2) is 17.5 Å². The Morgan fingerprint density at radius 1 is 0.838 bits per heavy atom. The number of anilines is 2. The highest BCUT2D eigenvalue weighted by Gasteiger charge is 2.16. The first-order valence-corrected chi connectivity index (χ1v) is 11.3. The topological polar surface area (TPSA) is 120 Å². The Labute approximate surface area is 205 Å². The van der Waals surface area contributed by atoms with Gasteiger partial charge in [-0.2, -0.15) is 5.10 Å². The summed E-state index contributed by atoms with van der Waals surface area (Å²) in [5.41, 5.74) is 2.62. The van der Waals surface area contributed by atoms with E-state index in [0.29, 0.717) is 39.0 Å². The molecular formula is C26H16F2N8O. The summed E-state index contributed by atoms with van der Waals surface area (Å²) in [5, 5.41) is 16.7. The Hall–Kier alpha value is -5.32. The minimum Gasteiger partial charge on any atom is -0.324 e. The first kappa shape index (κ1) is 21.0. The van der Waals surface area contributed by atoms with E-state index in [2.05, 4.69) is 25.7 Å². The van der Waals surface area contributed by atoms with Crippen molar-refractivity contribution in [3.63, 3.8) is 0 Å². The number of hydrogen-bond donors (Lipinski definition) is 4. The van der Waals surface area contributed by atoms with Crippen molar-refractivity contribution in [1.29, 1.82) is 0 Å². The summed E-state index contributed by atoms with van der Waals surface area (Å²) in [7, 11) is 0. The van der Waals surface area contributed by atoms with Gasteiger partial charge in [-0.1, -0.05) is 0 Å². The van der Waals surface area contributed by atoms with Gasteiger partial charge in [0.2, 0.25) is 0 Å². The van der Waals surface area contributed by atoms with E-state index in [0.717, 1.165) is 11.8 Å². The highest BCUT2D eigenvalue weighted by molar-refractivity contribution is 5.98. The van der Waals surface area contributed by atoms with E-state index in [1.54, 1.807) is 12.1 Å². The number of nitrogens with zero attached hydrogens (tertiary/aromatic N) is 4. The Morgan fingerprint density at radius 2 is 1.70 bits per heavy atom. The monoisotopic (exact) mass is 494 g/mol. The molecule has 7 aromatic rings. The van der Waals surface area contributed by atoms with E-state index in [-0.39, 0.29) is 22.3 Å². The summed E-state index contributed by atoms with van der Waals surface area (Å²) in [6.07, 6.45) is 3.85. The van der Waals surface area contributed by atoms with Crippen LogP contribution in [0.3, 0.4) is 0 Å². The molecule has 11 heteroatoms. The van der Waals surface area contributed by atoms with E-state index < -0.39 is 11.6 Å². The molecule has 0 aliphatic rings. The fourth-order valence-electron chi connectivity index (χ4n) is 4.43. The molecule has 0 aliphatic carbocycles. The lowest BCUT2D eigenvalue weighted by Gasteiger charge is -2.12. The SMILES string of the molecule is O=c1[nH][nH]c2ccc(-c3nc(Nc4n[nH]c5c(F)cc(F)cc45)c4ccc(-n5cccc5)cc4n3)cc12. The summed E-state index contributed by atoms with van der Waals surface area (Å²) in [6.45, 7) is 0. The van der Waals surface area contributed by atoms with Crippen LogP contribution in [-0.4, -0.2) is 34.9 Å². The van der Waals surface area contributed by atoms with E-state index in [4.69, 9.17) is 9.97 Å². The van der Waals surface area contributed by atoms with Crippen LogP contribution in [0.1, 0.15) is 0 Å². The summed E-state index contributed by atoms with van der Waals surface area (Å²) >= 11 is 0. The number of benzene rings is 3. The number of aromatic nitrogens is 7. The maximum atomic E-state index is 14.3. The molecule has 0 radical (unpaired) electrons. The fraction of sp³-hybridized carbons (Fsp3) is 0. The summed E-state index contributed by atoms with van der Waals surface area (Å²) in [5.74, 6) is -0.500. The smallest absolute Gasteiger partial charge is 0.271 e. The average Bonchev–Trinajstić information content (AvgIpc) is 3.65. The van der Waals surface area contributed by atoms with Crippen LogP contribution in [0.2, 0.25) is 0 Å². The molecule has 0 unspecified atom stereocenters. The highest BCUT2D eigenvalue weighted by Crippen LogP contribution is 2.32. The normalized spacial score (nSPS) is 11.6. The third kappa shape index (κ3) is 3.44. The van der Waals surface area contributed by atoms with Gasteiger partial charge in [-0.3, -0.25) is 20.1 Å². The van der Waals surface area contributed by atoms with Gasteiger partial charge in [-0.15, -0.1) is 0 Å². The number of rotatable bonds is 4. The fourth-order valence-corrected chi connectivity index (χ4v) is 4.43. The molecule has 0 spiro atoms. The van der Waals surface area contributed by atoms with Crippen LogP contribution < -0.4 is 10.9 Å². The Morgan fingerprint density at radius 3 is 2.57 bits per heavy atom. The van der Waals surface area contributed by atoms with Gasteiger partial charge < -0.3 is 9.88 Å². The van der Waals surface area contributed by atoms with Crippen LogP contribution in [0.5, 0.6) is 0 Å². The molecule has 7 rings (SSSR count). The molecule has 37 heavy (non-hydrogen) atoms. The molecule has 4 N–H and O–H groups in total. The third-order valence-electron chi connectivity index (χ3n) is 6.24. The number of nitrogens with one attached hydrogen (secondary N) is 4. The number of halogens is 2. The lowest BCUT2D eigenvalue weighted by Crippen LogP contribution is -2.02. The summed E-state index contributed by atoms with van der Waals surface area (Å²) < 4.78 is 30.2. The predicted octanol–water partition coefficient (Wildman–Crippen LogP) is 5.16. The van der Waals surface area contributed by atoms with E-state index in [1.165, 1.54) is 6.07 Å². The van der Waals surface area contributed by atoms with Crippen molar-refractivity contribution in [3.05, 3.63) is 95.0 Å². The van der Waals surface area contributed by atoms with E-state index >= 15 is 0 Å². The molecule has 0 saturated carbocycles. The molecule has 0 aliphatic heterocycles. The van der Waals surface area contributed by atoms with Crippen molar-refractivity contribution in [2.45, 2.75) is 0 Å². The molecule has 9 nitrogen and oxygen atoms in total. The molecular weight excluding hydrogens is 478 g/mol. The van der Waals surface area contributed by atoms with Crippen molar-refractivity contribution < 1.29 is 8.78 Å². The van der Waals surface area contributed by atoms with Gasteiger partial charge in [0.25, 0.3) is 5.56 Å². The molecule has 0 atom stereocenters. The molecule has 4 heterocycles. The largest absolute Gasteiger partial charge is 0.324 e. The molecule has 0 saturated heterocycles. The first-order chi connectivity index (χ1) is 18.0. The molecule has 0 bridgehead atoms. The first-order valence-electron chi connectivity index (χ1n) is 11.3. The molecule has 0 amide bonds. The molecule has 3 aromatic carbocycles. The quantitative estimate of drug-likeness (QED) is 0.270. The van der Waals surface area contributed by atoms with E-state index in [9.17, 15) is 13.6 Å².